The Bertz CT molecular complexity index is 420. The Kier molecular flexibility index (Phi) is 4.89. The fourth-order valence-corrected chi connectivity index (χ4v) is 3.37. The quantitative estimate of drug-likeness (QED) is 0.604. The monoisotopic (exact) mass is 265 g/mol. The lowest BCUT2D eigenvalue weighted by Crippen LogP contribution is -2.05. The predicted molar refractivity (Wildman–Crippen MR) is 65.1 cm³/mol. The Morgan fingerprint density at radius 3 is 2.87 bits per heavy atom. The molecule has 0 unspecified atom stereocenters. The lowest BCUT2D eigenvalue weighted by atomic mass is 10.3. The Morgan fingerprint density at radius 1 is 1.53 bits per heavy atom. The number of rotatable bonds is 5. The van der Waals surface area contributed by atoms with Gasteiger partial charge in [-0.2, -0.15) is 11.8 Å². The van der Waals surface area contributed by atoms with Gasteiger partial charge >= 0.3 is 0 Å². The van der Waals surface area contributed by atoms with Crippen LogP contribution in [0.2, 0.25) is 5.15 Å². The number of hydrogen-bond donors (Lipinski definition) is 0. The first-order chi connectivity index (χ1) is 6.97. The van der Waals surface area contributed by atoms with Crippen LogP contribution in [0.25, 0.3) is 0 Å². The van der Waals surface area contributed by atoms with Crippen LogP contribution in [0.1, 0.15) is 5.56 Å². The molecule has 0 aliphatic rings. The number of nitrogens with zero attached hydrogens (tertiary/aromatic N) is 1. The zero-order valence-electron chi connectivity index (χ0n) is 8.31. The molecule has 84 valence electrons. The van der Waals surface area contributed by atoms with E-state index in [0.29, 0.717) is 10.9 Å². The van der Waals surface area contributed by atoms with Gasteiger partial charge in [0, 0.05) is 24.0 Å². The molecule has 6 heteroatoms. The lowest BCUT2D eigenvalue weighted by molar-refractivity contribution is 0.603. The van der Waals surface area contributed by atoms with E-state index in [-0.39, 0.29) is 5.75 Å². The highest BCUT2D eigenvalue weighted by Gasteiger charge is 2.02. The fourth-order valence-electron chi connectivity index (χ4n) is 0.933. The van der Waals surface area contributed by atoms with Crippen LogP contribution in [-0.4, -0.2) is 31.2 Å². The number of halogens is 1. The van der Waals surface area contributed by atoms with Gasteiger partial charge in [-0.25, -0.2) is 13.4 Å². The van der Waals surface area contributed by atoms with Crippen molar-refractivity contribution < 1.29 is 8.42 Å². The number of sulfone groups is 1. The molecule has 1 aromatic rings. The van der Waals surface area contributed by atoms with Crippen molar-refractivity contribution in [3.63, 3.8) is 0 Å². The van der Waals surface area contributed by atoms with E-state index in [2.05, 4.69) is 4.98 Å². The molecule has 0 amide bonds. The molecule has 1 rings (SSSR count). The Hall–Kier alpha value is -0.260. The van der Waals surface area contributed by atoms with Gasteiger partial charge in [-0.1, -0.05) is 11.6 Å². The summed E-state index contributed by atoms with van der Waals surface area (Å²) >= 11 is 7.29. The maximum absolute atomic E-state index is 10.9. The third-order valence-corrected chi connectivity index (χ3v) is 4.10. The first-order valence-electron chi connectivity index (χ1n) is 4.33. The van der Waals surface area contributed by atoms with Crippen molar-refractivity contribution in [2.24, 2.45) is 0 Å². The molecule has 0 N–H and O–H groups in total. The summed E-state index contributed by atoms with van der Waals surface area (Å²) in [5.74, 6) is 1.59. The van der Waals surface area contributed by atoms with E-state index >= 15 is 0 Å². The molecule has 0 aliphatic heterocycles. The summed E-state index contributed by atoms with van der Waals surface area (Å²) < 4.78 is 21.7. The zero-order valence-corrected chi connectivity index (χ0v) is 10.7. The second kappa shape index (κ2) is 5.72. The van der Waals surface area contributed by atoms with Crippen LogP contribution < -0.4 is 0 Å². The molecule has 0 saturated carbocycles. The highest BCUT2D eigenvalue weighted by atomic mass is 35.5. The van der Waals surface area contributed by atoms with Gasteiger partial charge in [0.2, 0.25) is 0 Å². The van der Waals surface area contributed by atoms with Crippen molar-refractivity contribution in [2.75, 3.05) is 17.8 Å². The molecule has 0 atom stereocenters. The van der Waals surface area contributed by atoms with Crippen LogP contribution in [0.15, 0.2) is 18.3 Å². The summed E-state index contributed by atoms with van der Waals surface area (Å²) in [5, 5.41) is 0.469. The van der Waals surface area contributed by atoms with Gasteiger partial charge in [0.05, 0.1) is 5.75 Å². The summed E-state index contributed by atoms with van der Waals surface area (Å²) in [6.45, 7) is 0. The van der Waals surface area contributed by atoms with Crippen molar-refractivity contribution in [2.45, 2.75) is 5.75 Å². The summed E-state index contributed by atoms with van der Waals surface area (Å²) in [6.07, 6.45) is 2.89. The van der Waals surface area contributed by atoms with Gasteiger partial charge in [0.25, 0.3) is 0 Å². The maximum atomic E-state index is 10.9. The molecule has 0 aliphatic carbocycles. The van der Waals surface area contributed by atoms with Crippen molar-refractivity contribution in [1.82, 2.24) is 4.98 Å². The average molecular weight is 266 g/mol. The molecule has 0 bridgehead atoms. The van der Waals surface area contributed by atoms with Gasteiger partial charge in [-0.15, -0.1) is 0 Å². The molecule has 0 spiro atoms. The topological polar surface area (TPSA) is 47.0 Å². The van der Waals surface area contributed by atoms with Crippen molar-refractivity contribution in [3.05, 3.63) is 29.0 Å². The standard InChI is InChI=1S/C9H12ClNO2S2/c1-15(12,13)5-4-14-7-8-2-3-11-9(10)6-8/h2-3,6H,4-5,7H2,1H3. The third-order valence-electron chi connectivity index (χ3n) is 1.66. The molecule has 1 aromatic heterocycles. The van der Waals surface area contributed by atoms with Crippen LogP contribution in [0, 0.1) is 0 Å². The minimum atomic E-state index is -2.85. The van der Waals surface area contributed by atoms with E-state index in [1.54, 1.807) is 24.0 Å². The van der Waals surface area contributed by atoms with Gasteiger partial charge in [-0.3, -0.25) is 0 Å². The number of thioether (sulfide) groups is 1. The van der Waals surface area contributed by atoms with E-state index in [1.807, 2.05) is 6.07 Å². The molecular weight excluding hydrogens is 254 g/mol. The Balaban J connectivity index is 2.32. The Labute approximate surface area is 99.2 Å². The highest BCUT2D eigenvalue weighted by Crippen LogP contribution is 2.14. The van der Waals surface area contributed by atoms with Gasteiger partial charge in [-0.05, 0) is 17.7 Å². The Morgan fingerprint density at radius 2 is 2.27 bits per heavy atom. The largest absolute Gasteiger partial charge is 0.245 e. The molecule has 0 fully saturated rings. The first-order valence-corrected chi connectivity index (χ1v) is 7.92. The lowest BCUT2D eigenvalue weighted by Gasteiger charge is -2.01. The molecule has 1 heterocycles. The van der Waals surface area contributed by atoms with E-state index in [4.69, 9.17) is 11.6 Å². The van der Waals surface area contributed by atoms with Gasteiger partial charge in [0.15, 0.2) is 0 Å². The summed E-state index contributed by atoms with van der Waals surface area (Å²) in [4.78, 5) is 3.87. The van der Waals surface area contributed by atoms with E-state index in [0.717, 1.165) is 11.3 Å². The van der Waals surface area contributed by atoms with Crippen molar-refractivity contribution in [3.8, 4) is 0 Å². The molecule has 15 heavy (non-hydrogen) atoms. The first kappa shape index (κ1) is 12.8. The zero-order chi connectivity index (χ0) is 11.3. The fraction of sp³-hybridized carbons (Fsp3) is 0.444. The van der Waals surface area contributed by atoms with E-state index < -0.39 is 9.84 Å². The van der Waals surface area contributed by atoms with E-state index in [9.17, 15) is 8.42 Å². The molecule has 3 nitrogen and oxygen atoms in total. The van der Waals surface area contributed by atoms with Crippen LogP contribution >= 0.6 is 23.4 Å². The highest BCUT2D eigenvalue weighted by molar-refractivity contribution is 7.99. The maximum Gasteiger partial charge on any atom is 0.148 e. The number of hydrogen-bond acceptors (Lipinski definition) is 4. The average Bonchev–Trinajstić information content (AvgIpc) is 2.11. The smallest absolute Gasteiger partial charge is 0.148 e. The normalized spacial score (nSPS) is 11.6. The molecular formula is C9H12ClNO2S2. The second-order valence-electron chi connectivity index (χ2n) is 3.17. The third kappa shape index (κ3) is 6.02. The summed E-state index contributed by atoms with van der Waals surface area (Å²) in [5.41, 5.74) is 1.06. The van der Waals surface area contributed by atoms with Crippen LogP contribution in [0.3, 0.4) is 0 Å². The van der Waals surface area contributed by atoms with Crippen molar-refractivity contribution in [1.29, 1.82) is 0 Å². The SMILES string of the molecule is CS(=O)(=O)CCSCc1ccnc(Cl)c1. The van der Waals surface area contributed by atoms with Gasteiger partial charge < -0.3 is 0 Å². The number of pyridine rings is 1. The predicted octanol–water partition coefficient (Wildman–Crippen LogP) is 2.01. The van der Waals surface area contributed by atoms with Gasteiger partial charge in [0.1, 0.15) is 15.0 Å². The summed E-state index contributed by atoms with van der Waals surface area (Å²) in [7, 11) is -2.85. The summed E-state index contributed by atoms with van der Waals surface area (Å²) in [6, 6.07) is 3.66. The number of aromatic nitrogens is 1. The minimum Gasteiger partial charge on any atom is -0.245 e. The molecule has 0 saturated heterocycles. The second-order valence-corrected chi connectivity index (χ2v) is 6.92. The van der Waals surface area contributed by atoms with Crippen LogP contribution in [0.5, 0.6) is 0 Å². The molecule has 0 radical (unpaired) electrons. The van der Waals surface area contributed by atoms with Crippen LogP contribution in [-0.2, 0) is 15.6 Å². The van der Waals surface area contributed by atoms with Crippen LogP contribution in [0.4, 0.5) is 0 Å². The minimum absolute atomic E-state index is 0.219. The molecule has 0 aromatic carbocycles. The van der Waals surface area contributed by atoms with Crippen molar-refractivity contribution >= 4 is 33.2 Å². The van der Waals surface area contributed by atoms with E-state index in [1.165, 1.54) is 6.26 Å².